The first kappa shape index (κ1) is 47.0. The van der Waals surface area contributed by atoms with Gasteiger partial charge in [0.1, 0.15) is 0 Å². The van der Waals surface area contributed by atoms with Crippen molar-refractivity contribution < 1.29 is 27.2 Å². The van der Waals surface area contributed by atoms with Crippen LogP contribution in [0, 0.1) is 106 Å². The van der Waals surface area contributed by atoms with Crippen molar-refractivity contribution in [3.63, 3.8) is 0 Å². The van der Waals surface area contributed by atoms with E-state index >= 15 is 0 Å². The summed E-state index contributed by atoms with van der Waals surface area (Å²) in [5.41, 5.74) is 11.4. The zero-order chi connectivity index (χ0) is 33.3. The molecule has 2 rings (SSSR count). The second kappa shape index (κ2) is 27.7. The maximum Gasteiger partial charge on any atom is 2.00 e. The molecule has 0 aromatic heterocycles. The number of hydrogen-bond donors (Lipinski definition) is 0. The van der Waals surface area contributed by atoms with Crippen LogP contribution in [0.4, 0.5) is 11.4 Å². The minimum Gasteiger partial charge on any atom is -0.356 e. The molecule has 0 saturated heterocycles. The van der Waals surface area contributed by atoms with Gasteiger partial charge in [-0.05, 0) is 77.6 Å². The van der Waals surface area contributed by atoms with Crippen molar-refractivity contribution in [1.29, 1.82) is 15.8 Å². The minimum atomic E-state index is -1.75. The van der Waals surface area contributed by atoms with E-state index in [2.05, 4.69) is 65.8 Å². The van der Waals surface area contributed by atoms with Crippen molar-refractivity contribution >= 4 is 22.8 Å². The Morgan fingerprint density at radius 3 is 0.881 bits per heavy atom. The first-order valence-corrected chi connectivity index (χ1v) is 11.7. The van der Waals surface area contributed by atoms with Crippen molar-refractivity contribution in [2.24, 2.45) is 9.98 Å². The summed E-state index contributed by atoms with van der Waals surface area (Å²) in [6, 6.07) is 14.0. The molecule has 0 amide bonds. The van der Waals surface area contributed by atoms with Crippen LogP contribution in [0.3, 0.4) is 0 Å². The normalized spacial score (nSPS) is 8.95. The number of aryl methyl sites for hydroxylation is 6. The Morgan fingerprint density at radius 2 is 0.738 bits per heavy atom. The van der Waals surface area contributed by atoms with E-state index in [0.29, 0.717) is 0 Å². The van der Waals surface area contributed by atoms with Gasteiger partial charge in [-0.25, -0.2) is 0 Å². The molecule has 0 heterocycles. The number of nitriles is 3. The fourth-order valence-corrected chi connectivity index (χ4v) is 3.19. The fraction of sp³-hybridized carbons (Fsp3) is 0.393. The monoisotopic (exact) mass is 623 g/mol. The summed E-state index contributed by atoms with van der Waals surface area (Å²) in [7, 11) is 0. The number of nitrogens with zero attached hydrogens (tertiary/aromatic N) is 7. The van der Waals surface area contributed by atoms with Gasteiger partial charge in [-0.1, -0.05) is 35.4 Å². The molecule has 0 aliphatic carbocycles. The molecule has 0 bridgehead atoms. The molecule has 0 N–H and O–H groups in total. The van der Waals surface area contributed by atoms with Gasteiger partial charge >= 0.3 is 17.1 Å². The van der Waals surface area contributed by atoms with Gasteiger partial charge in [-0.15, -0.1) is 0 Å². The quantitative estimate of drug-likeness (QED) is 0.142. The first-order valence-electron chi connectivity index (χ1n) is 11.7. The molecular weight excluding hydrogens is 586 g/mol. The number of rotatable bonds is 3. The van der Waals surface area contributed by atoms with Gasteiger partial charge in [0.25, 0.3) is 0 Å². The second-order valence-corrected chi connectivity index (χ2v) is 8.01. The van der Waals surface area contributed by atoms with Gasteiger partial charge in [0.05, 0.1) is 51.2 Å². The van der Waals surface area contributed by atoms with E-state index in [1.165, 1.54) is 54.2 Å². The SMILES string of the molecule is CC#N.CC#N.CC#N.CC(=Nc1c(C)cc(C)cc1C)C(C)=Nc1c(C)cc(C)cc1C.O=[N+]([O-])[O-].O=[N+]([O-])[O-].[Fe+2]. The third-order valence-electron chi connectivity index (χ3n) is 4.35. The van der Waals surface area contributed by atoms with Crippen LogP contribution in [0.25, 0.3) is 0 Å². The molecule has 0 radical (unpaired) electrons. The largest absolute Gasteiger partial charge is 2.00 e. The van der Waals surface area contributed by atoms with E-state index in [1.54, 1.807) is 18.2 Å². The van der Waals surface area contributed by atoms with Gasteiger partial charge in [0, 0.05) is 20.8 Å². The Balaban J connectivity index is -0.000000210. The molecule has 0 aliphatic rings. The van der Waals surface area contributed by atoms with Crippen LogP contribution in [0.15, 0.2) is 34.3 Å². The Bertz CT molecular complexity index is 1160. The van der Waals surface area contributed by atoms with Crippen molar-refractivity contribution in [3.8, 4) is 18.2 Å². The summed E-state index contributed by atoms with van der Waals surface area (Å²) in [6.07, 6.45) is 0. The van der Waals surface area contributed by atoms with Crippen LogP contribution in [0.2, 0.25) is 0 Å². The Kier molecular flexibility index (Phi) is 31.0. The Labute approximate surface area is 258 Å². The zero-order valence-corrected chi connectivity index (χ0v) is 26.8. The van der Waals surface area contributed by atoms with Crippen LogP contribution >= 0.6 is 0 Å². The summed E-state index contributed by atoms with van der Waals surface area (Å²) in [5, 5.41) is 51.5. The van der Waals surface area contributed by atoms with Gasteiger partial charge in [0.2, 0.25) is 0 Å². The summed E-state index contributed by atoms with van der Waals surface area (Å²) >= 11 is 0. The molecule has 0 spiro atoms. The standard InChI is InChI=1S/C22H28N2.3C2H3N.Fe.2NO3/c1-13-9-15(3)21(16(4)10-13)23-19(7)20(8)24-22-17(5)11-14(2)12-18(22)6;3*1-2-3;;2*2-1(3)4/h9-12H,1-8H3;3*1H3;;;/q;;;;+2;2*-1. The van der Waals surface area contributed by atoms with Gasteiger partial charge in [0.15, 0.2) is 0 Å². The third-order valence-corrected chi connectivity index (χ3v) is 4.35. The maximum atomic E-state index is 8.25. The summed E-state index contributed by atoms with van der Waals surface area (Å²) in [4.78, 5) is 26.2. The molecule has 0 atom stereocenters. The van der Waals surface area contributed by atoms with Crippen LogP contribution in [0.1, 0.15) is 68.0 Å². The zero-order valence-electron chi connectivity index (χ0n) is 25.7. The van der Waals surface area contributed by atoms with Crippen molar-refractivity contribution in [2.45, 2.75) is 76.2 Å². The molecule has 2 aromatic carbocycles. The average Bonchev–Trinajstić information content (AvgIpc) is 2.79. The van der Waals surface area contributed by atoms with E-state index in [9.17, 15) is 0 Å². The molecular formula is C28H37FeN7O6. The van der Waals surface area contributed by atoms with E-state index in [4.69, 9.17) is 56.4 Å². The van der Waals surface area contributed by atoms with E-state index in [-0.39, 0.29) is 17.1 Å². The Morgan fingerprint density at radius 1 is 0.595 bits per heavy atom. The molecule has 2 aromatic rings. The predicted octanol–water partition coefficient (Wildman–Crippen LogP) is 7.53. The van der Waals surface area contributed by atoms with Crippen LogP contribution < -0.4 is 0 Å². The molecule has 42 heavy (non-hydrogen) atoms. The van der Waals surface area contributed by atoms with Gasteiger partial charge in [-0.2, -0.15) is 15.8 Å². The van der Waals surface area contributed by atoms with Crippen LogP contribution in [-0.2, 0) is 17.1 Å². The number of aliphatic imine (C=N–C) groups is 2. The summed E-state index contributed by atoms with van der Waals surface area (Å²) < 4.78 is 0. The average molecular weight is 623 g/mol. The topological polar surface area (TPSA) is 228 Å². The van der Waals surface area contributed by atoms with Crippen molar-refractivity contribution in [3.05, 3.63) is 88.3 Å². The molecule has 14 heteroatoms. The molecule has 0 saturated carbocycles. The molecule has 0 unspecified atom stereocenters. The fourth-order valence-electron chi connectivity index (χ4n) is 3.19. The molecule has 0 fully saturated rings. The molecule has 13 nitrogen and oxygen atoms in total. The van der Waals surface area contributed by atoms with Gasteiger partial charge < -0.3 is 30.6 Å². The number of hydrogen-bond acceptors (Lipinski definition) is 11. The molecule has 0 aliphatic heterocycles. The summed E-state index contributed by atoms with van der Waals surface area (Å²) in [6.45, 7) is 21.1. The predicted molar refractivity (Wildman–Crippen MR) is 161 cm³/mol. The smallest absolute Gasteiger partial charge is 0.356 e. The molecule has 228 valence electrons. The number of benzene rings is 2. The Hall–Kier alpha value is -4.83. The second-order valence-electron chi connectivity index (χ2n) is 8.01. The maximum absolute atomic E-state index is 8.25. The van der Waals surface area contributed by atoms with E-state index in [1.807, 2.05) is 13.8 Å². The van der Waals surface area contributed by atoms with E-state index in [0.717, 1.165) is 22.8 Å². The van der Waals surface area contributed by atoms with Crippen molar-refractivity contribution in [2.75, 3.05) is 0 Å². The van der Waals surface area contributed by atoms with E-state index < -0.39 is 10.2 Å². The van der Waals surface area contributed by atoms with Crippen LogP contribution in [0.5, 0.6) is 0 Å². The van der Waals surface area contributed by atoms with Gasteiger partial charge in [-0.3, -0.25) is 9.98 Å². The minimum absolute atomic E-state index is 0. The third kappa shape index (κ3) is 26.8. The first-order chi connectivity index (χ1) is 18.9. The van der Waals surface area contributed by atoms with Crippen LogP contribution in [-0.4, -0.2) is 21.6 Å². The summed E-state index contributed by atoms with van der Waals surface area (Å²) in [5.74, 6) is 0. The van der Waals surface area contributed by atoms with Crippen molar-refractivity contribution in [1.82, 2.24) is 0 Å².